The number of benzene rings is 2. The smallest absolute Gasteiger partial charge is 0.261 e. The molecule has 0 aromatic heterocycles. The molecule has 3 rings (SSSR count). The average molecular weight is 451 g/mol. The van der Waals surface area contributed by atoms with E-state index in [0.717, 1.165) is 48.1 Å². The van der Waals surface area contributed by atoms with Gasteiger partial charge < -0.3 is 15.0 Å². The number of ether oxygens (including phenoxy) is 1. The second kappa shape index (κ2) is 11.9. The summed E-state index contributed by atoms with van der Waals surface area (Å²) in [5, 5.41) is 3.18. The zero-order valence-electron chi connectivity index (χ0n) is 20.5. The predicted octanol–water partition coefficient (Wildman–Crippen LogP) is 5.36. The molecule has 0 saturated heterocycles. The molecule has 2 aromatic carbocycles. The molecule has 1 aliphatic rings. The summed E-state index contributed by atoms with van der Waals surface area (Å²) in [7, 11) is 0. The van der Waals surface area contributed by atoms with Crippen molar-refractivity contribution in [2.24, 2.45) is 0 Å². The quantitative estimate of drug-likeness (QED) is 0.559. The number of rotatable bonds is 9. The maximum Gasteiger partial charge on any atom is 0.261 e. The topological polar surface area (TPSA) is 58.6 Å². The second-order valence-electron chi connectivity index (χ2n) is 9.45. The van der Waals surface area contributed by atoms with E-state index < -0.39 is 6.04 Å². The van der Waals surface area contributed by atoms with Crippen molar-refractivity contribution in [1.29, 1.82) is 0 Å². The number of carbonyl (C=O) groups excluding carboxylic acids is 2. The van der Waals surface area contributed by atoms with Crippen molar-refractivity contribution < 1.29 is 14.3 Å². The van der Waals surface area contributed by atoms with Crippen molar-refractivity contribution in [3.63, 3.8) is 0 Å². The van der Waals surface area contributed by atoms with Crippen molar-refractivity contribution in [3.05, 3.63) is 65.2 Å². The Balaban J connectivity index is 1.75. The van der Waals surface area contributed by atoms with Crippen molar-refractivity contribution in [2.75, 3.05) is 6.61 Å². The molecule has 33 heavy (non-hydrogen) atoms. The van der Waals surface area contributed by atoms with Crippen LogP contribution in [0.3, 0.4) is 0 Å². The molecule has 2 amide bonds. The summed E-state index contributed by atoms with van der Waals surface area (Å²) < 4.78 is 5.97. The molecule has 2 aromatic rings. The molecule has 1 saturated carbocycles. The number of nitrogens with one attached hydrogen (secondary N) is 1. The van der Waals surface area contributed by atoms with Gasteiger partial charge in [0, 0.05) is 12.6 Å². The molecular weight excluding hydrogens is 412 g/mol. The molecule has 0 spiro atoms. The average Bonchev–Trinajstić information content (AvgIpc) is 2.82. The lowest BCUT2D eigenvalue weighted by molar-refractivity contribution is -0.142. The van der Waals surface area contributed by atoms with Gasteiger partial charge in [0.1, 0.15) is 11.8 Å². The molecule has 0 unspecified atom stereocenters. The van der Waals surface area contributed by atoms with Gasteiger partial charge in [-0.2, -0.15) is 0 Å². The number of amides is 2. The monoisotopic (exact) mass is 450 g/mol. The Hall–Kier alpha value is -2.82. The Bertz CT molecular complexity index is 934. The lowest BCUT2D eigenvalue weighted by Crippen LogP contribution is -2.51. The SMILES string of the molecule is Cc1ccccc1CN(C(=O)COc1ccccc1C(C)C)[C@H](C)C(=O)NC1CCCCC1. The Labute approximate surface area is 198 Å². The number of aryl methyl sites for hydroxylation is 1. The van der Waals surface area contributed by atoms with Gasteiger partial charge in [0.05, 0.1) is 0 Å². The van der Waals surface area contributed by atoms with Crippen LogP contribution >= 0.6 is 0 Å². The summed E-state index contributed by atoms with van der Waals surface area (Å²) in [6.07, 6.45) is 5.55. The van der Waals surface area contributed by atoms with Gasteiger partial charge in [-0.15, -0.1) is 0 Å². The van der Waals surface area contributed by atoms with E-state index in [9.17, 15) is 9.59 Å². The van der Waals surface area contributed by atoms with E-state index in [1.165, 1.54) is 6.42 Å². The van der Waals surface area contributed by atoms with Gasteiger partial charge in [0.15, 0.2) is 6.61 Å². The third-order valence-corrected chi connectivity index (χ3v) is 6.61. The van der Waals surface area contributed by atoms with Crippen LogP contribution in [-0.2, 0) is 16.1 Å². The molecule has 0 radical (unpaired) electrons. The molecule has 5 nitrogen and oxygen atoms in total. The minimum Gasteiger partial charge on any atom is -0.483 e. The second-order valence-corrected chi connectivity index (χ2v) is 9.45. The molecule has 5 heteroatoms. The molecule has 1 aliphatic carbocycles. The molecule has 0 aliphatic heterocycles. The standard InChI is InChI=1S/C28H38N2O3/c1-20(2)25-16-10-11-17-26(25)33-19-27(31)30(18-23-13-9-8-12-21(23)3)22(4)28(32)29-24-14-6-5-7-15-24/h8-13,16-17,20,22,24H,5-7,14-15,18-19H2,1-4H3,(H,29,32)/t22-/m1/s1. The molecule has 1 fully saturated rings. The fourth-order valence-corrected chi connectivity index (χ4v) is 4.43. The minimum atomic E-state index is -0.581. The Morgan fingerprint density at radius 1 is 1.00 bits per heavy atom. The summed E-state index contributed by atoms with van der Waals surface area (Å²) in [4.78, 5) is 28.1. The molecule has 0 heterocycles. The molecule has 1 atom stereocenters. The Morgan fingerprint density at radius 3 is 2.36 bits per heavy atom. The third kappa shape index (κ3) is 6.83. The fourth-order valence-electron chi connectivity index (χ4n) is 4.43. The maximum absolute atomic E-state index is 13.4. The summed E-state index contributed by atoms with van der Waals surface area (Å²) in [6, 6.07) is 15.4. The lowest BCUT2D eigenvalue weighted by atomic mass is 9.95. The maximum atomic E-state index is 13.4. The summed E-state index contributed by atoms with van der Waals surface area (Å²) in [6.45, 7) is 8.32. The van der Waals surface area contributed by atoms with Crippen LogP contribution in [0.1, 0.15) is 75.5 Å². The van der Waals surface area contributed by atoms with Crippen molar-refractivity contribution in [2.45, 2.75) is 84.3 Å². The third-order valence-electron chi connectivity index (χ3n) is 6.61. The van der Waals surface area contributed by atoms with Crippen LogP contribution in [-0.4, -0.2) is 35.4 Å². The highest BCUT2D eigenvalue weighted by molar-refractivity contribution is 5.88. The first-order valence-corrected chi connectivity index (χ1v) is 12.2. The van der Waals surface area contributed by atoms with E-state index in [1.54, 1.807) is 4.90 Å². The highest BCUT2D eigenvalue weighted by Gasteiger charge is 2.29. The fraction of sp³-hybridized carbons (Fsp3) is 0.500. The van der Waals surface area contributed by atoms with E-state index >= 15 is 0 Å². The molecular formula is C28H38N2O3. The van der Waals surface area contributed by atoms with Gasteiger partial charge in [-0.05, 0) is 55.4 Å². The molecule has 1 N–H and O–H groups in total. The number of nitrogens with zero attached hydrogens (tertiary/aromatic N) is 1. The van der Waals surface area contributed by atoms with E-state index in [2.05, 4.69) is 19.2 Å². The van der Waals surface area contributed by atoms with Crippen LogP contribution < -0.4 is 10.1 Å². The van der Waals surface area contributed by atoms with Crippen molar-refractivity contribution in [1.82, 2.24) is 10.2 Å². The predicted molar refractivity (Wildman–Crippen MR) is 132 cm³/mol. The van der Waals surface area contributed by atoms with Gasteiger partial charge in [-0.25, -0.2) is 0 Å². The van der Waals surface area contributed by atoms with Crippen molar-refractivity contribution in [3.8, 4) is 5.75 Å². The van der Waals surface area contributed by atoms with E-state index in [0.29, 0.717) is 12.5 Å². The van der Waals surface area contributed by atoms with Crippen molar-refractivity contribution >= 4 is 11.8 Å². The van der Waals surface area contributed by atoms with Crippen LogP contribution in [0.25, 0.3) is 0 Å². The summed E-state index contributed by atoms with van der Waals surface area (Å²) in [5.74, 6) is 0.727. The highest BCUT2D eigenvalue weighted by atomic mass is 16.5. The minimum absolute atomic E-state index is 0.0913. The van der Waals surface area contributed by atoms with Gasteiger partial charge in [0.25, 0.3) is 5.91 Å². The van der Waals surface area contributed by atoms with Crippen LogP contribution in [0, 0.1) is 6.92 Å². The van der Waals surface area contributed by atoms with Gasteiger partial charge in [-0.3, -0.25) is 9.59 Å². The highest BCUT2D eigenvalue weighted by Crippen LogP contribution is 2.26. The van der Waals surface area contributed by atoms with Crippen LogP contribution in [0.2, 0.25) is 0 Å². The summed E-state index contributed by atoms with van der Waals surface area (Å²) >= 11 is 0. The zero-order valence-corrected chi connectivity index (χ0v) is 20.5. The van der Waals surface area contributed by atoms with Gasteiger partial charge in [0.2, 0.25) is 5.91 Å². The number of carbonyl (C=O) groups is 2. The first-order valence-electron chi connectivity index (χ1n) is 12.2. The van der Waals surface area contributed by atoms with E-state index in [-0.39, 0.29) is 24.5 Å². The molecule has 0 bridgehead atoms. The zero-order chi connectivity index (χ0) is 23.8. The number of hydrogen-bond acceptors (Lipinski definition) is 3. The Kier molecular flexibility index (Phi) is 8.93. The number of para-hydroxylation sites is 1. The first-order chi connectivity index (χ1) is 15.9. The largest absolute Gasteiger partial charge is 0.483 e. The van der Waals surface area contributed by atoms with Gasteiger partial charge >= 0.3 is 0 Å². The number of hydrogen-bond donors (Lipinski definition) is 1. The normalized spacial score (nSPS) is 15.2. The van der Waals surface area contributed by atoms with Gasteiger partial charge in [-0.1, -0.05) is 75.6 Å². The molecule has 178 valence electrons. The van der Waals surface area contributed by atoms with Crippen LogP contribution in [0.15, 0.2) is 48.5 Å². The lowest BCUT2D eigenvalue weighted by Gasteiger charge is -2.31. The van der Waals surface area contributed by atoms with E-state index in [1.807, 2.05) is 62.4 Å². The van der Waals surface area contributed by atoms with Crippen LogP contribution in [0.5, 0.6) is 5.75 Å². The first kappa shape index (κ1) is 24.8. The Morgan fingerprint density at radius 2 is 1.67 bits per heavy atom. The van der Waals surface area contributed by atoms with E-state index in [4.69, 9.17) is 4.74 Å². The van der Waals surface area contributed by atoms with Crippen LogP contribution in [0.4, 0.5) is 0 Å². The summed E-state index contributed by atoms with van der Waals surface area (Å²) in [5.41, 5.74) is 3.20.